The minimum atomic E-state index is -1.18. The number of hydrogen-bond donors (Lipinski definition) is 2. The summed E-state index contributed by atoms with van der Waals surface area (Å²) in [4.78, 5) is 11.8. The van der Waals surface area contributed by atoms with Crippen molar-refractivity contribution < 1.29 is 18.7 Å². The second-order valence-corrected chi connectivity index (χ2v) is 5.30. The summed E-state index contributed by atoms with van der Waals surface area (Å²) in [5.74, 6) is -2.44. The molecule has 0 aliphatic rings. The van der Waals surface area contributed by atoms with Crippen LogP contribution in [-0.2, 0) is 0 Å². The van der Waals surface area contributed by atoms with Crippen molar-refractivity contribution in [3.63, 3.8) is 0 Å². The van der Waals surface area contributed by atoms with Crippen molar-refractivity contribution in [3.8, 4) is 0 Å². The van der Waals surface area contributed by atoms with E-state index < -0.39 is 29.2 Å². The molecule has 0 spiro atoms. The van der Waals surface area contributed by atoms with Gasteiger partial charge in [-0.25, -0.2) is 8.78 Å². The van der Waals surface area contributed by atoms with Crippen LogP contribution >= 0.6 is 23.2 Å². The smallest absolute Gasteiger partial charge is 0.254 e. The van der Waals surface area contributed by atoms with Crippen LogP contribution in [0.2, 0.25) is 10.0 Å². The molecule has 116 valence electrons. The number of aliphatic hydroxyl groups excluding tert-OH is 1. The van der Waals surface area contributed by atoms with E-state index in [0.717, 1.165) is 18.2 Å². The Hall–Kier alpha value is -1.69. The van der Waals surface area contributed by atoms with Crippen molar-refractivity contribution in [1.82, 2.24) is 5.32 Å². The molecule has 0 aromatic heterocycles. The molecule has 0 bridgehead atoms. The first-order valence-corrected chi connectivity index (χ1v) is 7.01. The maximum Gasteiger partial charge on any atom is 0.254 e. The highest BCUT2D eigenvalue weighted by atomic mass is 35.5. The molecule has 0 radical (unpaired) electrons. The Labute approximate surface area is 135 Å². The van der Waals surface area contributed by atoms with E-state index >= 15 is 0 Å². The fourth-order valence-corrected chi connectivity index (χ4v) is 2.54. The van der Waals surface area contributed by atoms with Crippen LogP contribution in [0.15, 0.2) is 36.4 Å². The summed E-state index contributed by atoms with van der Waals surface area (Å²) < 4.78 is 26.5. The fourth-order valence-electron chi connectivity index (χ4n) is 1.89. The third kappa shape index (κ3) is 3.74. The molecule has 0 fully saturated rings. The summed E-state index contributed by atoms with van der Waals surface area (Å²) in [7, 11) is 0. The predicted octanol–water partition coefficient (Wildman–Crippen LogP) is 3.74. The molecule has 22 heavy (non-hydrogen) atoms. The Morgan fingerprint density at radius 1 is 1.18 bits per heavy atom. The molecule has 2 rings (SSSR count). The van der Waals surface area contributed by atoms with Gasteiger partial charge in [0.25, 0.3) is 5.91 Å². The van der Waals surface area contributed by atoms with Crippen LogP contribution < -0.4 is 5.32 Å². The molecule has 0 saturated heterocycles. The van der Waals surface area contributed by atoms with Gasteiger partial charge in [-0.3, -0.25) is 4.79 Å². The molecule has 0 saturated carbocycles. The number of aliphatic hydroxyl groups is 1. The zero-order valence-electron chi connectivity index (χ0n) is 11.1. The lowest BCUT2D eigenvalue weighted by molar-refractivity contribution is 0.0912. The van der Waals surface area contributed by atoms with Gasteiger partial charge in [-0.05, 0) is 30.3 Å². The minimum Gasteiger partial charge on any atom is -0.386 e. The summed E-state index contributed by atoms with van der Waals surface area (Å²) in [5, 5.41) is 12.8. The first-order valence-electron chi connectivity index (χ1n) is 6.25. The van der Waals surface area contributed by atoms with E-state index in [1.165, 1.54) is 0 Å². The van der Waals surface area contributed by atoms with Crippen molar-refractivity contribution in [1.29, 1.82) is 0 Å². The Bertz CT molecular complexity index is 690. The largest absolute Gasteiger partial charge is 0.386 e. The van der Waals surface area contributed by atoms with E-state index in [4.69, 9.17) is 23.2 Å². The third-order valence-corrected chi connectivity index (χ3v) is 3.62. The van der Waals surface area contributed by atoms with Crippen molar-refractivity contribution in [3.05, 3.63) is 69.2 Å². The maximum absolute atomic E-state index is 13.5. The molecule has 2 N–H and O–H groups in total. The molecule has 0 aliphatic carbocycles. The van der Waals surface area contributed by atoms with E-state index in [1.807, 2.05) is 0 Å². The number of carbonyl (C=O) groups is 1. The standard InChI is InChI=1S/C15H11Cl2F2NO2/c16-10-2-1-3-11(17)14(10)13(21)7-20-15(22)9-6-8(18)4-5-12(9)19/h1-6,13,21H,7H2,(H,20,22). The van der Waals surface area contributed by atoms with Gasteiger partial charge in [0, 0.05) is 22.2 Å². The van der Waals surface area contributed by atoms with E-state index in [0.29, 0.717) is 0 Å². The Balaban J connectivity index is 2.09. The SMILES string of the molecule is O=C(NCC(O)c1c(Cl)cccc1Cl)c1cc(F)ccc1F. The van der Waals surface area contributed by atoms with Gasteiger partial charge in [-0.1, -0.05) is 29.3 Å². The maximum atomic E-state index is 13.5. The molecule has 2 aromatic rings. The summed E-state index contributed by atoms with van der Waals surface area (Å²) in [6.07, 6.45) is -1.18. The molecular formula is C15H11Cl2F2NO2. The lowest BCUT2D eigenvalue weighted by Crippen LogP contribution is -2.29. The van der Waals surface area contributed by atoms with E-state index in [2.05, 4.69) is 5.32 Å². The van der Waals surface area contributed by atoms with Crippen molar-refractivity contribution in [2.75, 3.05) is 6.54 Å². The Kier molecular flexibility index (Phi) is 5.34. The number of hydrogen-bond acceptors (Lipinski definition) is 2. The lowest BCUT2D eigenvalue weighted by Gasteiger charge is -2.15. The second kappa shape index (κ2) is 7.05. The van der Waals surface area contributed by atoms with Crippen LogP contribution in [0.1, 0.15) is 22.0 Å². The molecule has 1 amide bonds. The minimum absolute atomic E-state index is 0.242. The van der Waals surface area contributed by atoms with Gasteiger partial charge in [0.05, 0.1) is 11.7 Å². The molecule has 2 aromatic carbocycles. The van der Waals surface area contributed by atoms with Crippen LogP contribution in [0.5, 0.6) is 0 Å². The van der Waals surface area contributed by atoms with E-state index in [1.54, 1.807) is 18.2 Å². The van der Waals surface area contributed by atoms with Gasteiger partial charge >= 0.3 is 0 Å². The molecule has 1 atom stereocenters. The Morgan fingerprint density at radius 3 is 2.45 bits per heavy atom. The van der Waals surface area contributed by atoms with Crippen LogP contribution in [0.3, 0.4) is 0 Å². The first-order chi connectivity index (χ1) is 10.4. The van der Waals surface area contributed by atoms with Crippen molar-refractivity contribution in [2.24, 2.45) is 0 Å². The molecule has 1 unspecified atom stereocenters. The number of amides is 1. The van der Waals surface area contributed by atoms with Crippen LogP contribution in [0.25, 0.3) is 0 Å². The van der Waals surface area contributed by atoms with E-state index in [-0.39, 0.29) is 22.2 Å². The number of nitrogens with one attached hydrogen (secondary N) is 1. The predicted molar refractivity (Wildman–Crippen MR) is 80.1 cm³/mol. The molecule has 0 heterocycles. The van der Waals surface area contributed by atoms with E-state index in [9.17, 15) is 18.7 Å². The van der Waals surface area contributed by atoms with Crippen LogP contribution in [0, 0.1) is 11.6 Å². The van der Waals surface area contributed by atoms with Crippen LogP contribution in [0.4, 0.5) is 8.78 Å². The zero-order valence-corrected chi connectivity index (χ0v) is 12.6. The van der Waals surface area contributed by atoms with Gasteiger partial charge in [-0.15, -0.1) is 0 Å². The van der Waals surface area contributed by atoms with Gasteiger partial charge in [0.1, 0.15) is 11.6 Å². The number of carbonyl (C=O) groups excluding carboxylic acids is 1. The topological polar surface area (TPSA) is 49.3 Å². The number of halogens is 4. The lowest BCUT2D eigenvalue weighted by atomic mass is 10.1. The van der Waals surface area contributed by atoms with Gasteiger partial charge in [-0.2, -0.15) is 0 Å². The summed E-state index contributed by atoms with van der Waals surface area (Å²) in [6.45, 7) is -0.252. The van der Waals surface area contributed by atoms with Gasteiger partial charge in [0.2, 0.25) is 0 Å². The quantitative estimate of drug-likeness (QED) is 0.886. The second-order valence-electron chi connectivity index (χ2n) is 4.49. The van der Waals surface area contributed by atoms with Crippen molar-refractivity contribution in [2.45, 2.75) is 6.10 Å². The average molecular weight is 346 g/mol. The summed E-state index contributed by atoms with van der Waals surface area (Å²) in [5.41, 5.74) is -0.191. The Morgan fingerprint density at radius 2 is 1.82 bits per heavy atom. The van der Waals surface area contributed by atoms with Gasteiger partial charge in [0.15, 0.2) is 0 Å². The fraction of sp³-hybridized carbons (Fsp3) is 0.133. The summed E-state index contributed by atoms with van der Waals surface area (Å²) in [6, 6.07) is 7.23. The zero-order chi connectivity index (χ0) is 16.3. The normalized spacial score (nSPS) is 12.0. The molecular weight excluding hydrogens is 335 g/mol. The van der Waals surface area contributed by atoms with Crippen molar-refractivity contribution >= 4 is 29.1 Å². The highest BCUT2D eigenvalue weighted by molar-refractivity contribution is 6.36. The molecule has 7 heteroatoms. The monoisotopic (exact) mass is 345 g/mol. The average Bonchev–Trinajstić information content (AvgIpc) is 2.47. The number of rotatable bonds is 4. The highest BCUT2D eigenvalue weighted by Gasteiger charge is 2.18. The summed E-state index contributed by atoms with van der Waals surface area (Å²) >= 11 is 11.9. The van der Waals surface area contributed by atoms with Crippen LogP contribution in [-0.4, -0.2) is 17.6 Å². The first kappa shape index (κ1) is 16.7. The third-order valence-electron chi connectivity index (χ3n) is 2.96. The molecule has 0 aliphatic heterocycles. The molecule has 3 nitrogen and oxygen atoms in total. The van der Waals surface area contributed by atoms with Gasteiger partial charge < -0.3 is 10.4 Å². The highest BCUT2D eigenvalue weighted by Crippen LogP contribution is 2.29. The number of benzene rings is 2.